The topological polar surface area (TPSA) is 63.2 Å². The van der Waals surface area contributed by atoms with Crippen LogP contribution in [-0.2, 0) is 14.6 Å². The summed E-state index contributed by atoms with van der Waals surface area (Å²) in [4.78, 5) is 12.3. The molecular weight excluding hydrogens is 306 g/mol. The quantitative estimate of drug-likeness (QED) is 0.930. The fourth-order valence-corrected chi connectivity index (χ4v) is 4.34. The summed E-state index contributed by atoms with van der Waals surface area (Å²) in [7, 11) is -3.33. The minimum atomic E-state index is -3.33. The molecule has 2 rings (SSSR count). The molecule has 1 aliphatic carbocycles. The lowest BCUT2D eigenvalue weighted by molar-refractivity contribution is -0.113. The molecule has 0 saturated carbocycles. The third-order valence-corrected chi connectivity index (χ3v) is 5.45. The van der Waals surface area contributed by atoms with Crippen molar-refractivity contribution >= 4 is 43.7 Å². The lowest BCUT2D eigenvalue weighted by Crippen LogP contribution is -2.17. The summed E-state index contributed by atoms with van der Waals surface area (Å²) < 4.78 is 23.1. The Balaban J connectivity index is 2.23. The van der Waals surface area contributed by atoms with Gasteiger partial charge in [-0.05, 0) is 37.1 Å². The van der Waals surface area contributed by atoms with Crippen molar-refractivity contribution < 1.29 is 13.2 Å². The van der Waals surface area contributed by atoms with Crippen molar-refractivity contribution in [3.05, 3.63) is 22.1 Å². The average molecular weight is 320 g/mol. The molecule has 1 aromatic rings. The number of anilines is 1. The molecule has 1 heterocycles. The van der Waals surface area contributed by atoms with E-state index in [2.05, 4.69) is 5.32 Å². The zero-order chi connectivity index (χ0) is 14.0. The summed E-state index contributed by atoms with van der Waals surface area (Å²) in [5.74, 6) is -0.294. The third kappa shape index (κ3) is 3.38. The van der Waals surface area contributed by atoms with E-state index >= 15 is 0 Å². The van der Waals surface area contributed by atoms with Crippen molar-refractivity contribution in [3.63, 3.8) is 0 Å². The van der Waals surface area contributed by atoms with Crippen LogP contribution in [0.1, 0.15) is 25.7 Å². The van der Waals surface area contributed by atoms with Gasteiger partial charge in [0.1, 0.15) is 9.90 Å². The highest BCUT2D eigenvalue weighted by atomic mass is 35.5. The molecule has 0 spiro atoms. The van der Waals surface area contributed by atoms with Crippen LogP contribution in [0.25, 0.3) is 0 Å². The number of rotatable bonds is 3. The Labute approximate surface area is 121 Å². The average Bonchev–Trinajstić information content (AvgIpc) is 2.77. The minimum absolute atomic E-state index is 0.151. The number of amides is 1. The first kappa shape index (κ1) is 14.6. The van der Waals surface area contributed by atoms with Gasteiger partial charge in [0.25, 0.3) is 5.91 Å². The molecule has 19 heavy (non-hydrogen) atoms. The molecule has 0 radical (unpaired) electrons. The van der Waals surface area contributed by atoms with E-state index < -0.39 is 9.84 Å². The van der Waals surface area contributed by atoms with Gasteiger partial charge in [-0.15, -0.1) is 11.3 Å². The summed E-state index contributed by atoms with van der Waals surface area (Å²) in [6, 6.07) is 1.49. The van der Waals surface area contributed by atoms with Crippen LogP contribution in [0.4, 0.5) is 5.00 Å². The van der Waals surface area contributed by atoms with Crippen molar-refractivity contribution in [2.45, 2.75) is 30.6 Å². The highest BCUT2D eigenvalue weighted by molar-refractivity contribution is 7.91. The standard InChI is InChI=1S/C12H14ClNO3S2/c1-19(16,17)10-6-7-18-12(10)14-11(15)8-4-2-3-5-9(8)13/h6-7H,2-5H2,1H3,(H,14,15). The second-order valence-corrected chi connectivity index (χ2v) is 7.79. The second kappa shape index (κ2) is 5.64. The first-order chi connectivity index (χ1) is 8.89. The van der Waals surface area contributed by atoms with Gasteiger partial charge in [-0.3, -0.25) is 4.79 Å². The molecule has 1 amide bonds. The van der Waals surface area contributed by atoms with Crippen LogP contribution in [0.3, 0.4) is 0 Å². The molecule has 1 N–H and O–H groups in total. The van der Waals surface area contributed by atoms with Crippen LogP contribution in [0.15, 0.2) is 26.9 Å². The minimum Gasteiger partial charge on any atom is -0.313 e. The highest BCUT2D eigenvalue weighted by Gasteiger charge is 2.21. The zero-order valence-electron chi connectivity index (χ0n) is 10.4. The van der Waals surface area contributed by atoms with Crippen molar-refractivity contribution in [3.8, 4) is 0 Å². The number of carbonyl (C=O) groups is 1. The lowest BCUT2D eigenvalue weighted by Gasteiger charge is -2.15. The van der Waals surface area contributed by atoms with Crippen molar-refractivity contribution in [2.24, 2.45) is 0 Å². The SMILES string of the molecule is CS(=O)(=O)c1ccsc1NC(=O)C1=C(Cl)CCCC1. The normalized spacial score (nSPS) is 16.5. The summed E-state index contributed by atoms with van der Waals surface area (Å²) >= 11 is 7.24. The van der Waals surface area contributed by atoms with Crippen LogP contribution in [-0.4, -0.2) is 20.6 Å². The molecule has 0 aliphatic heterocycles. The monoisotopic (exact) mass is 319 g/mol. The van der Waals surface area contributed by atoms with Crippen LogP contribution in [0.2, 0.25) is 0 Å². The molecule has 4 nitrogen and oxygen atoms in total. The summed E-state index contributed by atoms with van der Waals surface area (Å²) in [5, 5.41) is 5.24. The molecule has 0 aromatic carbocycles. The number of sulfone groups is 1. The Bertz CT molecular complexity index is 631. The molecule has 0 bridgehead atoms. The van der Waals surface area contributed by atoms with Crippen molar-refractivity contribution in [1.29, 1.82) is 0 Å². The smallest absolute Gasteiger partial charge is 0.253 e. The molecule has 1 aromatic heterocycles. The maximum Gasteiger partial charge on any atom is 0.253 e. The Morgan fingerprint density at radius 1 is 1.37 bits per heavy atom. The summed E-state index contributed by atoms with van der Waals surface area (Å²) in [5.41, 5.74) is 0.570. The van der Waals surface area contributed by atoms with Gasteiger partial charge in [-0.2, -0.15) is 0 Å². The van der Waals surface area contributed by atoms with Crippen LogP contribution >= 0.6 is 22.9 Å². The molecule has 1 aliphatic rings. The Hall–Kier alpha value is -0.850. The molecule has 104 valence electrons. The number of allylic oxidation sites excluding steroid dienone is 1. The van der Waals surface area contributed by atoms with Gasteiger partial charge < -0.3 is 5.32 Å². The maximum atomic E-state index is 12.1. The van der Waals surface area contributed by atoms with Gasteiger partial charge in [0.2, 0.25) is 0 Å². The lowest BCUT2D eigenvalue weighted by atomic mass is 9.99. The first-order valence-corrected chi connectivity index (χ1v) is 9.01. The predicted octanol–water partition coefficient (Wildman–Crippen LogP) is 3.16. The van der Waals surface area contributed by atoms with E-state index in [1.807, 2.05) is 0 Å². The maximum absolute atomic E-state index is 12.1. The fourth-order valence-electron chi connectivity index (χ4n) is 1.96. The van der Waals surface area contributed by atoms with Gasteiger partial charge >= 0.3 is 0 Å². The van der Waals surface area contributed by atoms with E-state index in [9.17, 15) is 13.2 Å². The molecule has 0 unspecified atom stereocenters. The van der Waals surface area contributed by atoms with Crippen LogP contribution in [0.5, 0.6) is 0 Å². The second-order valence-electron chi connectivity index (χ2n) is 4.43. The number of carbonyl (C=O) groups excluding carboxylic acids is 1. The molecule has 0 saturated heterocycles. The molecule has 0 atom stereocenters. The molecule has 0 fully saturated rings. The Morgan fingerprint density at radius 3 is 2.68 bits per heavy atom. The van der Waals surface area contributed by atoms with E-state index in [0.29, 0.717) is 28.4 Å². The van der Waals surface area contributed by atoms with E-state index in [0.717, 1.165) is 19.1 Å². The van der Waals surface area contributed by atoms with Gasteiger partial charge in [0, 0.05) is 16.9 Å². The molecule has 7 heteroatoms. The van der Waals surface area contributed by atoms with Crippen molar-refractivity contribution in [1.82, 2.24) is 0 Å². The third-order valence-electron chi connectivity index (χ3n) is 2.93. The van der Waals surface area contributed by atoms with Crippen LogP contribution < -0.4 is 5.32 Å². The zero-order valence-corrected chi connectivity index (χ0v) is 12.8. The van der Waals surface area contributed by atoms with E-state index in [4.69, 9.17) is 11.6 Å². The Kier molecular flexibility index (Phi) is 4.32. The van der Waals surface area contributed by atoms with Gasteiger partial charge in [-0.1, -0.05) is 11.6 Å². The number of hydrogen-bond acceptors (Lipinski definition) is 4. The van der Waals surface area contributed by atoms with Gasteiger partial charge in [0.05, 0.1) is 0 Å². The number of hydrogen-bond donors (Lipinski definition) is 1. The molecular formula is C12H14ClNO3S2. The highest BCUT2D eigenvalue weighted by Crippen LogP contribution is 2.31. The van der Waals surface area contributed by atoms with Crippen molar-refractivity contribution in [2.75, 3.05) is 11.6 Å². The van der Waals surface area contributed by atoms with Crippen LogP contribution in [0, 0.1) is 0 Å². The summed E-state index contributed by atoms with van der Waals surface area (Å²) in [6.45, 7) is 0. The number of nitrogens with one attached hydrogen (secondary N) is 1. The first-order valence-electron chi connectivity index (χ1n) is 5.86. The van der Waals surface area contributed by atoms with E-state index in [-0.39, 0.29) is 10.8 Å². The predicted molar refractivity (Wildman–Crippen MR) is 77.4 cm³/mol. The van der Waals surface area contributed by atoms with Gasteiger partial charge in [0.15, 0.2) is 9.84 Å². The largest absolute Gasteiger partial charge is 0.313 e. The summed E-state index contributed by atoms with van der Waals surface area (Å²) in [6.07, 6.45) is 4.40. The van der Waals surface area contributed by atoms with E-state index in [1.54, 1.807) is 5.38 Å². The number of halogens is 1. The number of thiophene rings is 1. The fraction of sp³-hybridized carbons (Fsp3) is 0.417. The Morgan fingerprint density at radius 2 is 2.05 bits per heavy atom. The van der Waals surface area contributed by atoms with Gasteiger partial charge in [-0.25, -0.2) is 8.42 Å². The van der Waals surface area contributed by atoms with E-state index in [1.165, 1.54) is 17.4 Å².